The van der Waals surface area contributed by atoms with Gasteiger partial charge in [-0.1, -0.05) is 157 Å². The molecule has 0 rings (SSSR count). The number of nitrogens with one attached hydrogen (secondary N) is 1. The maximum absolute atomic E-state index is 12.2. The van der Waals surface area contributed by atoms with Gasteiger partial charge in [-0.3, -0.25) is 4.79 Å². The summed E-state index contributed by atoms with van der Waals surface area (Å²) >= 11 is 0. The Labute approximate surface area is 272 Å². The third-order valence-electron chi connectivity index (χ3n) is 7.73. The third-order valence-corrected chi connectivity index (χ3v) is 7.73. The number of rotatable bonds is 31. The first-order valence-electron chi connectivity index (χ1n) is 18.1. The number of carbonyl (C=O) groups is 1. The molecular formula is C40H69NO3. The Morgan fingerprint density at radius 1 is 0.568 bits per heavy atom. The monoisotopic (exact) mass is 612 g/mol. The van der Waals surface area contributed by atoms with Crippen LogP contribution in [0.4, 0.5) is 0 Å². The van der Waals surface area contributed by atoms with Gasteiger partial charge >= 0.3 is 0 Å². The zero-order valence-corrected chi connectivity index (χ0v) is 28.6. The standard InChI is InChI=1S/C40H69NO3/c1-3-5-7-8-9-10-11-12-13-14-15-16-17-18-19-20-21-22-23-24-25-26-27-28-29-30-31-32-34-36-40(44)41-38(37-42)39(43)35-33-6-4-2/h5,7,9-10,12-13,15-16,18-19,21-22,38-39,42-43H,3-4,6,8,11,14,17,20,23-37H2,1-2H3,(H,41,44)/b7-5-,10-9-,13-12-,16-15-,19-18-,22-21-. The summed E-state index contributed by atoms with van der Waals surface area (Å²) in [6, 6.07) is -0.537. The second-order valence-corrected chi connectivity index (χ2v) is 11.9. The molecule has 1 amide bonds. The fourth-order valence-electron chi connectivity index (χ4n) is 4.95. The number of amides is 1. The normalized spacial score (nSPS) is 14.0. The molecule has 2 unspecified atom stereocenters. The van der Waals surface area contributed by atoms with Crippen LogP contribution in [0.15, 0.2) is 72.9 Å². The van der Waals surface area contributed by atoms with Gasteiger partial charge in [0.05, 0.1) is 18.8 Å². The van der Waals surface area contributed by atoms with Crippen molar-refractivity contribution in [1.29, 1.82) is 0 Å². The Morgan fingerprint density at radius 3 is 1.45 bits per heavy atom. The van der Waals surface area contributed by atoms with Gasteiger partial charge in [-0.15, -0.1) is 0 Å². The maximum Gasteiger partial charge on any atom is 0.220 e. The van der Waals surface area contributed by atoms with Gasteiger partial charge in [0.2, 0.25) is 5.91 Å². The Morgan fingerprint density at radius 2 is 1.00 bits per heavy atom. The summed E-state index contributed by atoms with van der Waals surface area (Å²) in [5.74, 6) is -0.0531. The van der Waals surface area contributed by atoms with E-state index in [2.05, 4.69) is 92.1 Å². The zero-order chi connectivity index (χ0) is 32.2. The highest BCUT2D eigenvalue weighted by molar-refractivity contribution is 5.76. The molecule has 0 aliphatic heterocycles. The first-order valence-corrected chi connectivity index (χ1v) is 18.1. The highest BCUT2D eigenvalue weighted by atomic mass is 16.3. The summed E-state index contributed by atoms with van der Waals surface area (Å²) < 4.78 is 0. The van der Waals surface area contributed by atoms with E-state index >= 15 is 0 Å². The molecule has 3 N–H and O–H groups in total. The molecule has 0 aliphatic carbocycles. The summed E-state index contributed by atoms with van der Waals surface area (Å²) in [5.41, 5.74) is 0. The van der Waals surface area contributed by atoms with Crippen molar-refractivity contribution in [2.75, 3.05) is 6.61 Å². The predicted octanol–water partition coefficient (Wildman–Crippen LogP) is 10.8. The van der Waals surface area contributed by atoms with Gasteiger partial charge in [0.1, 0.15) is 0 Å². The van der Waals surface area contributed by atoms with Crippen molar-refractivity contribution in [3.8, 4) is 0 Å². The van der Waals surface area contributed by atoms with Crippen LogP contribution in [0.1, 0.15) is 155 Å². The summed E-state index contributed by atoms with van der Waals surface area (Å²) in [7, 11) is 0. The van der Waals surface area contributed by atoms with E-state index in [9.17, 15) is 15.0 Å². The predicted molar refractivity (Wildman–Crippen MR) is 193 cm³/mol. The van der Waals surface area contributed by atoms with Crippen LogP contribution in [-0.4, -0.2) is 34.9 Å². The number of hydrogen-bond acceptors (Lipinski definition) is 3. The van der Waals surface area contributed by atoms with Crippen molar-refractivity contribution >= 4 is 5.91 Å². The van der Waals surface area contributed by atoms with Gasteiger partial charge in [-0.05, 0) is 64.2 Å². The molecule has 0 fully saturated rings. The van der Waals surface area contributed by atoms with E-state index in [4.69, 9.17) is 0 Å². The van der Waals surface area contributed by atoms with Gasteiger partial charge in [-0.25, -0.2) is 0 Å². The number of aliphatic hydroxyl groups excluding tert-OH is 2. The molecule has 0 saturated carbocycles. The largest absolute Gasteiger partial charge is 0.394 e. The third kappa shape index (κ3) is 31.3. The summed E-state index contributed by atoms with van der Waals surface area (Å²) in [5, 5.41) is 22.5. The Kier molecular flexibility index (Phi) is 33.6. The molecule has 0 saturated heterocycles. The van der Waals surface area contributed by atoms with Crippen molar-refractivity contribution in [2.24, 2.45) is 0 Å². The molecule has 0 aromatic rings. The van der Waals surface area contributed by atoms with Crippen LogP contribution >= 0.6 is 0 Å². The number of aliphatic hydroxyl groups is 2. The molecule has 0 aliphatic rings. The molecule has 4 heteroatoms. The van der Waals surface area contributed by atoms with E-state index in [0.29, 0.717) is 12.8 Å². The molecule has 0 bridgehead atoms. The van der Waals surface area contributed by atoms with E-state index in [1.165, 1.54) is 57.8 Å². The van der Waals surface area contributed by atoms with Gasteiger partial charge in [0.15, 0.2) is 0 Å². The van der Waals surface area contributed by atoms with E-state index in [-0.39, 0.29) is 12.5 Å². The molecule has 4 nitrogen and oxygen atoms in total. The Bertz CT molecular complexity index is 792. The summed E-state index contributed by atoms with van der Waals surface area (Å²) in [6.45, 7) is 4.08. The van der Waals surface area contributed by atoms with Crippen LogP contribution in [0.2, 0.25) is 0 Å². The van der Waals surface area contributed by atoms with E-state index in [1.807, 2.05) is 0 Å². The molecule has 2 atom stereocenters. The fourth-order valence-corrected chi connectivity index (χ4v) is 4.95. The van der Waals surface area contributed by atoms with Crippen molar-refractivity contribution < 1.29 is 15.0 Å². The van der Waals surface area contributed by atoms with Crippen LogP contribution in [0.5, 0.6) is 0 Å². The van der Waals surface area contributed by atoms with Crippen LogP contribution < -0.4 is 5.32 Å². The van der Waals surface area contributed by atoms with Gasteiger partial charge < -0.3 is 15.5 Å². The van der Waals surface area contributed by atoms with E-state index in [1.54, 1.807) is 0 Å². The van der Waals surface area contributed by atoms with E-state index in [0.717, 1.165) is 70.6 Å². The minimum absolute atomic E-state index is 0.0531. The van der Waals surface area contributed by atoms with Crippen molar-refractivity contribution in [1.82, 2.24) is 5.32 Å². The number of unbranched alkanes of at least 4 members (excludes halogenated alkanes) is 12. The van der Waals surface area contributed by atoms with Gasteiger partial charge in [-0.2, -0.15) is 0 Å². The number of hydrogen-bond donors (Lipinski definition) is 3. The molecule has 0 aromatic heterocycles. The van der Waals surface area contributed by atoms with Crippen molar-refractivity contribution in [3.05, 3.63) is 72.9 Å². The molecule has 44 heavy (non-hydrogen) atoms. The molecule has 0 heterocycles. The Balaban J connectivity index is 3.50. The van der Waals surface area contributed by atoms with Crippen molar-refractivity contribution in [2.45, 2.75) is 167 Å². The molecule has 252 valence electrons. The average molecular weight is 612 g/mol. The maximum atomic E-state index is 12.2. The number of carbonyl (C=O) groups excluding carboxylic acids is 1. The topological polar surface area (TPSA) is 69.6 Å². The highest BCUT2D eigenvalue weighted by Gasteiger charge is 2.19. The van der Waals surface area contributed by atoms with Crippen LogP contribution in [0, 0.1) is 0 Å². The molecule has 0 radical (unpaired) electrons. The minimum Gasteiger partial charge on any atom is -0.394 e. The first kappa shape index (κ1) is 41.8. The highest BCUT2D eigenvalue weighted by Crippen LogP contribution is 2.13. The SMILES string of the molecule is CC/C=C\C/C=C\C/C=C\C/C=C\C/C=C\C/C=C\CCCCCCCCCCCCC(=O)NC(CO)C(O)CCCCC. The number of allylic oxidation sites excluding steroid dienone is 12. The summed E-state index contributed by atoms with van der Waals surface area (Å²) in [6.07, 6.45) is 50.2. The van der Waals surface area contributed by atoms with Crippen LogP contribution in [-0.2, 0) is 4.79 Å². The van der Waals surface area contributed by atoms with Crippen LogP contribution in [0.25, 0.3) is 0 Å². The van der Waals surface area contributed by atoms with Crippen LogP contribution in [0.3, 0.4) is 0 Å². The lowest BCUT2D eigenvalue weighted by atomic mass is 10.0. The van der Waals surface area contributed by atoms with Gasteiger partial charge in [0.25, 0.3) is 0 Å². The second-order valence-electron chi connectivity index (χ2n) is 11.9. The fraction of sp³-hybridized carbons (Fsp3) is 0.675. The minimum atomic E-state index is -0.660. The summed E-state index contributed by atoms with van der Waals surface area (Å²) in [4.78, 5) is 12.2. The quantitative estimate of drug-likeness (QED) is 0.0539. The van der Waals surface area contributed by atoms with E-state index < -0.39 is 12.1 Å². The Hall–Kier alpha value is -2.17. The van der Waals surface area contributed by atoms with Gasteiger partial charge in [0, 0.05) is 6.42 Å². The first-order chi connectivity index (χ1) is 21.7. The zero-order valence-electron chi connectivity index (χ0n) is 28.6. The molecule has 0 aromatic carbocycles. The molecule has 0 spiro atoms. The lowest BCUT2D eigenvalue weighted by Crippen LogP contribution is -2.45. The molecular weight excluding hydrogens is 542 g/mol. The average Bonchev–Trinajstić information content (AvgIpc) is 3.02. The second kappa shape index (κ2) is 35.3. The lowest BCUT2D eigenvalue weighted by Gasteiger charge is -2.22. The smallest absolute Gasteiger partial charge is 0.220 e. The lowest BCUT2D eigenvalue weighted by molar-refractivity contribution is -0.123. The van der Waals surface area contributed by atoms with Crippen molar-refractivity contribution in [3.63, 3.8) is 0 Å².